The number of hydrogen-bond donors (Lipinski definition) is 1. The Balaban J connectivity index is 2.08. The zero-order chi connectivity index (χ0) is 18.6. The predicted molar refractivity (Wildman–Crippen MR) is 91.5 cm³/mol. The number of nitrogens with two attached hydrogens (primary N) is 1. The van der Waals surface area contributed by atoms with Crippen LogP contribution in [0.3, 0.4) is 0 Å². The van der Waals surface area contributed by atoms with Crippen LogP contribution in [-0.4, -0.2) is 47.6 Å². The first-order valence-corrected chi connectivity index (χ1v) is 7.69. The summed E-state index contributed by atoms with van der Waals surface area (Å²) in [5.74, 6) is 1.37. The lowest BCUT2D eigenvalue weighted by atomic mass is 10.2. The molecule has 0 aliphatic carbocycles. The molecule has 0 unspecified atom stereocenters. The molecule has 0 saturated heterocycles. The molecule has 2 rings (SSSR count). The van der Waals surface area contributed by atoms with Crippen molar-refractivity contribution in [1.82, 2.24) is 19.9 Å². The van der Waals surface area contributed by atoms with Gasteiger partial charge in [0.15, 0.2) is 5.82 Å². The number of rotatable bonds is 7. The molecule has 1 atom stereocenters. The Hall–Kier alpha value is -2.55. The summed E-state index contributed by atoms with van der Waals surface area (Å²) in [5, 5.41) is 0. The molecule has 1 heterocycles. The number of anilines is 2. The fourth-order valence-corrected chi connectivity index (χ4v) is 2.18. The third-order valence-corrected chi connectivity index (χ3v) is 3.67. The van der Waals surface area contributed by atoms with Crippen molar-refractivity contribution in [1.29, 1.82) is 0 Å². The maximum Gasteiger partial charge on any atom is 0.387 e. The Morgan fingerprint density at radius 3 is 2.28 bits per heavy atom. The van der Waals surface area contributed by atoms with Gasteiger partial charge in [0.1, 0.15) is 5.75 Å². The van der Waals surface area contributed by atoms with E-state index in [1.807, 2.05) is 33.0 Å². The van der Waals surface area contributed by atoms with Gasteiger partial charge in [-0.25, -0.2) is 0 Å². The average molecular weight is 352 g/mol. The Bertz CT molecular complexity index is 696. The second-order valence-corrected chi connectivity index (χ2v) is 5.86. The highest BCUT2D eigenvalue weighted by molar-refractivity contribution is 5.33. The van der Waals surface area contributed by atoms with Crippen molar-refractivity contribution in [3.63, 3.8) is 0 Å². The molecular weight excluding hydrogens is 330 g/mol. The average Bonchev–Trinajstić information content (AvgIpc) is 2.54. The zero-order valence-electron chi connectivity index (χ0n) is 14.6. The number of ether oxygens (including phenoxy) is 1. The lowest BCUT2D eigenvalue weighted by molar-refractivity contribution is -0.0498. The molecule has 0 spiro atoms. The van der Waals surface area contributed by atoms with Gasteiger partial charge >= 0.3 is 6.61 Å². The number of halogens is 2. The molecule has 1 aromatic heterocycles. The molecule has 0 fully saturated rings. The van der Waals surface area contributed by atoms with Gasteiger partial charge in [0.2, 0.25) is 11.9 Å². The van der Waals surface area contributed by atoms with Crippen LogP contribution in [0.15, 0.2) is 24.3 Å². The lowest BCUT2D eigenvalue weighted by Gasteiger charge is -2.24. The standard InChI is InChI=1S/C16H22F2N6O/c1-10(13-20-15(19)22-16(21-13)23(2)3)24(4)9-11-5-7-12(8-6-11)25-14(17)18/h5-8,10,14H,9H2,1-4H3,(H2,19,20,21,22)/t10-/m0/s1. The summed E-state index contributed by atoms with van der Waals surface area (Å²) >= 11 is 0. The summed E-state index contributed by atoms with van der Waals surface area (Å²) in [4.78, 5) is 16.5. The Labute approximate surface area is 145 Å². The SMILES string of the molecule is C[C@@H](c1nc(N)nc(N(C)C)n1)N(C)Cc1ccc(OC(F)F)cc1. The van der Waals surface area contributed by atoms with Crippen molar-refractivity contribution >= 4 is 11.9 Å². The number of nitrogens with zero attached hydrogens (tertiary/aromatic N) is 5. The summed E-state index contributed by atoms with van der Waals surface area (Å²) in [6.45, 7) is -0.282. The van der Waals surface area contributed by atoms with Crippen LogP contribution in [-0.2, 0) is 6.54 Å². The molecule has 1 aromatic carbocycles. The van der Waals surface area contributed by atoms with E-state index < -0.39 is 6.61 Å². The second kappa shape index (κ2) is 8.02. The highest BCUT2D eigenvalue weighted by Gasteiger charge is 2.17. The first-order chi connectivity index (χ1) is 11.8. The third kappa shape index (κ3) is 5.21. The molecule has 0 saturated carbocycles. The van der Waals surface area contributed by atoms with E-state index in [1.54, 1.807) is 17.0 Å². The Morgan fingerprint density at radius 2 is 1.72 bits per heavy atom. The van der Waals surface area contributed by atoms with Crippen molar-refractivity contribution < 1.29 is 13.5 Å². The van der Waals surface area contributed by atoms with Gasteiger partial charge in [-0.2, -0.15) is 23.7 Å². The molecule has 0 aliphatic heterocycles. The molecule has 9 heteroatoms. The molecule has 7 nitrogen and oxygen atoms in total. The van der Waals surface area contributed by atoms with E-state index in [2.05, 4.69) is 19.7 Å². The minimum absolute atomic E-state index is 0.110. The summed E-state index contributed by atoms with van der Waals surface area (Å²) in [7, 11) is 5.58. The first kappa shape index (κ1) is 18.8. The van der Waals surface area contributed by atoms with Gasteiger partial charge in [0.05, 0.1) is 6.04 Å². The van der Waals surface area contributed by atoms with Crippen LogP contribution >= 0.6 is 0 Å². The maximum atomic E-state index is 12.2. The minimum atomic E-state index is -2.83. The van der Waals surface area contributed by atoms with Gasteiger partial charge in [0, 0.05) is 20.6 Å². The van der Waals surface area contributed by atoms with E-state index in [0.29, 0.717) is 18.3 Å². The molecule has 0 aliphatic rings. The van der Waals surface area contributed by atoms with Crippen LogP contribution in [0.5, 0.6) is 5.75 Å². The number of hydrogen-bond acceptors (Lipinski definition) is 7. The van der Waals surface area contributed by atoms with Crippen molar-refractivity contribution in [2.45, 2.75) is 26.1 Å². The minimum Gasteiger partial charge on any atom is -0.435 e. The van der Waals surface area contributed by atoms with Crippen LogP contribution in [0, 0.1) is 0 Å². The molecule has 2 aromatic rings. The van der Waals surface area contributed by atoms with E-state index in [4.69, 9.17) is 5.73 Å². The normalized spacial score (nSPS) is 12.5. The van der Waals surface area contributed by atoms with Gasteiger partial charge in [0.25, 0.3) is 0 Å². The summed E-state index contributed by atoms with van der Waals surface area (Å²) in [6.07, 6.45) is 0. The van der Waals surface area contributed by atoms with E-state index in [1.165, 1.54) is 12.1 Å². The van der Waals surface area contributed by atoms with Gasteiger partial charge < -0.3 is 15.4 Å². The molecule has 2 N–H and O–H groups in total. The molecule has 25 heavy (non-hydrogen) atoms. The van der Waals surface area contributed by atoms with Crippen LogP contribution in [0.2, 0.25) is 0 Å². The quantitative estimate of drug-likeness (QED) is 0.819. The predicted octanol–water partition coefficient (Wildman–Crippen LogP) is 2.31. The van der Waals surface area contributed by atoms with Gasteiger partial charge in [-0.3, -0.25) is 4.90 Å². The fourth-order valence-electron chi connectivity index (χ4n) is 2.18. The second-order valence-electron chi connectivity index (χ2n) is 5.86. The summed E-state index contributed by atoms with van der Waals surface area (Å²) in [5.41, 5.74) is 6.71. The highest BCUT2D eigenvalue weighted by Crippen LogP contribution is 2.21. The van der Waals surface area contributed by atoms with Crippen molar-refractivity contribution in [2.24, 2.45) is 0 Å². The monoisotopic (exact) mass is 352 g/mol. The largest absolute Gasteiger partial charge is 0.435 e. The molecular formula is C16H22F2N6O. The van der Waals surface area contributed by atoms with E-state index >= 15 is 0 Å². The van der Waals surface area contributed by atoms with E-state index in [0.717, 1.165) is 5.56 Å². The fraction of sp³-hybridized carbons (Fsp3) is 0.438. The zero-order valence-corrected chi connectivity index (χ0v) is 14.6. The van der Waals surface area contributed by atoms with Gasteiger partial charge in [-0.15, -0.1) is 0 Å². The molecule has 0 amide bonds. The number of alkyl halides is 2. The lowest BCUT2D eigenvalue weighted by Crippen LogP contribution is -2.25. The van der Waals surface area contributed by atoms with Crippen molar-refractivity contribution in [2.75, 3.05) is 31.8 Å². The summed E-state index contributed by atoms with van der Waals surface area (Å²) < 4.78 is 28.7. The molecule has 0 bridgehead atoms. The maximum absolute atomic E-state index is 12.2. The summed E-state index contributed by atoms with van der Waals surface area (Å²) in [6, 6.07) is 6.42. The van der Waals surface area contributed by atoms with Crippen LogP contribution in [0.25, 0.3) is 0 Å². The number of nitrogen functional groups attached to an aromatic ring is 1. The smallest absolute Gasteiger partial charge is 0.387 e. The first-order valence-electron chi connectivity index (χ1n) is 7.69. The number of aromatic nitrogens is 3. The van der Waals surface area contributed by atoms with Crippen LogP contribution < -0.4 is 15.4 Å². The third-order valence-electron chi connectivity index (χ3n) is 3.67. The van der Waals surface area contributed by atoms with Crippen molar-refractivity contribution in [3.8, 4) is 5.75 Å². The van der Waals surface area contributed by atoms with Crippen molar-refractivity contribution in [3.05, 3.63) is 35.7 Å². The highest BCUT2D eigenvalue weighted by atomic mass is 19.3. The van der Waals surface area contributed by atoms with Crippen LogP contribution in [0.1, 0.15) is 24.4 Å². The van der Waals surface area contributed by atoms with Gasteiger partial charge in [-0.1, -0.05) is 12.1 Å². The Kier molecular flexibility index (Phi) is 6.02. The van der Waals surface area contributed by atoms with Crippen LogP contribution in [0.4, 0.5) is 20.7 Å². The van der Waals surface area contributed by atoms with E-state index in [9.17, 15) is 8.78 Å². The topological polar surface area (TPSA) is 80.4 Å². The van der Waals surface area contributed by atoms with E-state index in [-0.39, 0.29) is 17.7 Å². The van der Waals surface area contributed by atoms with Gasteiger partial charge in [-0.05, 0) is 31.7 Å². The number of benzene rings is 1. The Morgan fingerprint density at radius 1 is 1.08 bits per heavy atom. The molecule has 136 valence electrons. The molecule has 0 radical (unpaired) electrons.